The van der Waals surface area contributed by atoms with Crippen LogP contribution < -0.4 is 0 Å². The monoisotopic (exact) mass is 194 g/mol. The van der Waals surface area contributed by atoms with Crippen molar-refractivity contribution in [2.24, 2.45) is 23.7 Å². The first kappa shape index (κ1) is 11.5. The van der Waals surface area contributed by atoms with Gasteiger partial charge in [-0.15, -0.1) is 0 Å². The van der Waals surface area contributed by atoms with E-state index in [9.17, 15) is 4.79 Å². The van der Waals surface area contributed by atoms with Gasteiger partial charge in [-0.2, -0.15) is 0 Å². The van der Waals surface area contributed by atoms with Crippen LogP contribution in [0.4, 0.5) is 0 Å². The first-order valence-electron chi connectivity index (χ1n) is 5.85. The minimum atomic E-state index is 0.269. The van der Waals surface area contributed by atoms with Gasteiger partial charge in [0.15, 0.2) is 0 Å². The van der Waals surface area contributed by atoms with Crippen molar-refractivity contribution in [1.82, 2.24) is 0 Å². The summed E-state index contributed by atoms with van der Waals surface area (Å²) in [6.07, 6.45) is 2.27. The van der Waals surface area contributed by atoms with Crippen LogP contribution in [-0.4, -0.2) is 5.78 Å². The van der Waals surface area contributed by atoms with Crippen molar-refractivity contribution < 1.29 is 4.79 Å². The second-order valence-corrected chi connectivity index (χ2v) is 4.38. The molecule has 0 aliphatic heterocycles. The fourth-order valence-electron chi connectivity index (χ4n) is 2.77. The molecular weight excluding hydrogens is 172 g/mol. The van der Waals surface area contributed by atoms with E-state index in [4.69, 9.17) is 0 Å². The Kier molecular flexibility index (Phi) is 3.52. The first-order chi connectivity index (χ1) is 6.63. The van der Waals surface area contributed by atoms with E-state index >= 15 is 0 Å². The normalized spacial score (nSPS) is 40.6. The molecule has 0 aromatic carbocycles. The third kappa shape index (κ3) is 1.53. The average molecular weight is 194 g/mol. The molecule has 2 saturated carbocycles. The summed E-state index contributed by atoms with van der Waals surface area (Å²) in [6.45, 7) is 12.4. The second kappa shape index (κ2) is 4.29. The Hall–Kier alpha value is -0.590. The third-order valence-electron chi connectivity index (χ3n) is 3.76. The van der Waals surface area contributed by atoms with Crippen LogP contribution in [0.3, 0.4) is 0 Å². The summed E-state index contributed by atoms with van der Waals surface area (Å²) in [5.41, 5.74) is 1.33. The number of hydrogen-bond acceptors (Lipinski definition) is 1. The molecule has 80 valence electrons. The fourth-order valence-corrected chi connectivity index (χ4v) is 2.77. The molecule has 0 bridgehead atoms. The van der Waals surface area contributed by atoms with Gasteiger partial charge in [0.2, 0.25) is 0 Å². The van der Waals surface area contributed by atoms with Gasteiger partial charge in [-0.05, 0) is 24.7 Å². The molecule has 1 nitrogen and oxygen atoms in total. The van der Waals surface area contributed by atoms with Crippen LogP contribution in [0.1, 0.15) is 40.5 Å². The van der Waals surface area contributed by atoms with Crippen LogP contribution in [-0.2, 0) is 4.79 Å². The number of hydrogen-bond donors (Lipinski definition) is 0. The largest absolute Gasteiger partial charge is 0.299 e. The minimum absolute atomic E-state index is 0.269. The highest BCUT2D eigenvalue weighted by Gasteiger charge is 2.50. The van der Waals surface area contributed by atoms with Crippen LogP contribution >= 0.6 is 0 Å². The Labute approximate surface area is 87.6 Å². The molecule has 0 saturated heterocycles. The maximum Gasteiger partial charge on any atom is 0.140 e. The maximum absolute atomic E-state index is 11.4. The number of rotatable bonds is 0. The number of ketones is 1. The molecule has 2 aliphatic carbocycles. The zero-order valence-electron chi connectivity index (χ0n) is 9.84. The van der Waals surface area contributed by atoms with Crippen molar-refractivity contribution >= 4 is 5.78 Å². The molecule has 0 aromatic rings. The molecule has 2 fully saturated rings. The highest BCUT2D eigenvalue weighted by molar-refractivity contribution is 5.91. The van der Waals surface area contributed by atoms with Gasteiger partial charge in [0.05, 0.1) is 0 Å². The Morgan fingerprint density at radius 1 is 1.21 bits per heavy atom. The molecule has 4 atom stereocenters. The standard InChI is InChI=1S/C11H16O.C2H6/c1-6-4-5-9-10(7(6)2)8(3)11(9)12;1-2/h6,8-10H,2,4-5H2,1,3H3;1-2H3/t6-,8-,9+,10+;/m1./s1. The summed E-state index contributed by atoms with van der Waals surface area (Å²) in [6, 6.07) is 0. The lowest BCUT2D eigenvalue weighted by molar-refractivity contribution is -0.142. The van der Waals surface area contributed by atoms with Crippen LogP contribution in [0, 0.1) is 23.7 Å². The topological polar surface area (TPSA) is 17.1 Å². The van der Waals surface area contributed by atoms with Gasteiger partial charge < -0.3 is 0 Å². The molecule has 0 unspecified atom stereocenters. The lowest BCUT2D eigenvalue weighted by atomic mass is 9.55. The van der Waals surface area contributed by atoms with Crippen molar-refractivity contribution in [3.63, 3.8) is 0 Å². The van der Waals surface area contributed by atoms with Gasteiger partial charge in [0, 0.05) is 11.8 Å². The van der Waals surface area contributed by atoms with Crippen LogP contribution in [0.25, 0.3) is 0 Å². The Balaban J connectivity index is 0.000000461. The van der Waals surface area contributed by atoms with E-state index in [2.05, 4.69) is 13.5 Å². The maximum atomic E-state index is 11.4. The molecule has 0 spiro atoms. The molecule has 0 aromatic heterocycles. The first-order valence-corrected chi connectivity index (χ1v) is 5.85. The van der Waals surface area contributed by atoms with Crippen LogP contribution in [0.5, 0.6) is 0 Å². The van der Waals surface area contributed by atoms with Crippen LogP contribution in [0.15, 0.2) is 12.2 Å². The van der Waals surface area contributed by atoms with Gasteiger partial charge in [0.25, 0.3) is 0 Å². The summed E-state index contributed by atoms with van der Waals surface area (Å²) in [4.78, 5) is 11.4. The lowest BCUT2D eigenvalue weighted by Gasteiger charge is -2.48. The van der Waals surface area contributed by atoms with Gasteiger partial charge >= 0.3 is 0 Å². The average Bonchev–Trinajstić information content (AvgIpc) is 2.23. The van der Waals surface area contributed by atoms with E-state index in [0.29, 0.717) is 23.5 Å². The smallest absolute Gasteiger partial charge is 0.140 e. The molecule has 0 heterocycles. The molecule has 0 radical (unpaired) electrons. The third-order valence-corrected chi connectivity index (χ3v) is 3.76. The summed E-state index contributed by atoms with van der Waals surface area (Å²) < 4.78 is 0. The van der Waals surface area contributed by atoms with E-state index in [1.807, 2.05) is 20.8 Å². The van der Waals surface area contributed by atoms with E-state index < -0.39 is 0 Å². The van der Waals surface area contributed by atoms with Gasteiger partial charge in [0.1, 0.15) is 5.78 Å². The Morgan fingerprint density at radius 2 is 1.79 bits per heavy atom. The summed E-state index contributed by atoms with van der Waals surface area (Å²) >= 11 is 0. The van der Waals surface area contributed by atoms with Gasteiger partial charge in [-0.25, -0.2) is 0 Å². The quantitative estimate of drug-likeness (QED) is 0.540. The van der Waals surface area contributed by atoms with E-state index in [1.165, 1.54) is 12.0 Å². The Bertz CT molecular complexity index is 242. The molecule has 14 heavy (non-hydrogen) atoms. The van der Waals surface area contributed by atoms with E-state index in [0.717, 1.165) is 6.42 Å². The molecule has 0 N–H and O–H groups in total. The molecule has 2 aliphatic rings. The van der Waals surface area contributed by atoms with E-state index in [-0.39, 0.29) is 5.92 Å². The second-order valence-electron chi connectivity index (χ2n) is 4.38. The van der Waals surface area contributed by atoms with Crippen molar-refractivity contribution in [2.45, 2.75) is 40.5 Å². The predicted molar refractivity (Wildman–Crippen MR) is 60.0 cm³/mol. The van der Waals surface area contributed by atoms with Crippen molar-refractivity contribution in [3.8, 4) is 0 Å². The predicted octanol–water partition coefficient (Wildman–Crippen LogP) is 3.45. The summed E-state index contributed by atoms with van der Waals surface area (Å²) in [5.74, 6) is 2.27. The lowest BCUT2D eigenvalue weighted by Crippen LogP contribution is -2.50. The zero-order chi connectivity index (χ0) is 10.9. The molecular formula is C13H22O. The number of carbonyl (C=O) groups excluding carboxylic acids is 1. The zero-order valence-corrected chi connectivity index (χ0v) is 9.84. The SMILES string of the molecule is C=C1[C@@H]2[C@H](CC[C@H]1C)C(=O)[C@@H]2C.CC. The number of allylic oxidation sites excluding steroid dienone is 1. The highest BCUT2D eigenvalue weighted by atomic mass is 16.1. The summed E-state index contributed by atoms with van der Waals surface area (Å²) in [7, 11) is 0. The van der Waals surface area contributed by atoms with Crippen molar-refractivity contribution in [3.05, 3.63) is 12.2 Å². The van der Waals surface area contributed by atoms with Crippen molar-refractivity contribution in [1.29, 1.82) is 0 Å². The van der Waals surface area contributed by atoms with Gasteiger partial charge in [-0.3, -0.25) is 4.79 Å². The molecule has 0 amide bonds. The molecule has 1 heteroatoms. The van der Waals surface area contributed by atoms with Crippen molar-refractivity contribution in [2.75, 3.05) is 0 Å². The van der Waals surface area contributed by atoms with E-state index in [1.54, 1.807) is 0 Å². The Morgan fingerprint density at radius 3 is 2.36 bits per heavy atom. The fraction of sp³-hybridized carbons (Fsp3) is 0.769. The van der Waals surface area contributed by atoms with Crippen LogP contribution in [0.2, 0.25) is 0 Å². The number of Topliss-reactive ketones (excluding diaryl/α,β-unsaturated/α-hetero) is 1. The number of fused-ring (bicyclic) bond motifs is 1. The van der Waals surface area contributed by atoms with Gasteiger partial charge in [-0.1, -0.05) is 39.8 Å². The molecule has 2 rings (SSSR count). The highest BCUT2D eigenvalue weighted by Crippen LogP contribution is 2.50. The summed E-state index contributed by atoms with van der Waals surface area (Å²) in [5, 5.41) is 0. The number of carbonyl (C=O) groups is 1. The minimum Gasteiger partial charge on any atom is -0.299 e.